The molecule has 0 unspecified atom stereocenters. The number of hydrogen-bond acceptors (Lipinski definition) is 1. The van der Waals surface area contributed by atoms with Crippen LogP contribution in [-0.2, 0) is 0 Å². The van der Waals surface area contributed by atoms with E-state index >= 15 is 0 Å². The first-order chi connectivity index (χ1) is 26.4. The average molecular weight is 628 g/mol. The van der Waals surface area contributed by atoms with Crippen LogP contribution in [0.1, 0.15) is 6.85 Å². The van der Waals surface area contributed by atoms with Gasteiger partial charge in [-0.1, -0.05) is 170 Å². The molecule has 0 aliphatic rings. The lowest BCUT2D eigenvalue weighted by atomic mass is 9.84. The number of benzene rings is 9. The highest BCUT2D eigenvalue weighted by Gasteiger charge is 2.19. The van der Waals surface area contributed by atoms with Gasteiger partial charge >= 0.3 is 0 Å². The van der Waals surface area contributed by atoms with Gasteiger partial charge < -0.3 is 4.42 Å². The van der Waals surface area contributed by atoms with Crippen LogP contribution in [0.4, 0.5) is 0 Å². The smallest absolute Gasteiger partial charge is 0.143 e. The molecule has 10 aromatic rings. The van der Waals surface area contributed by atoms with Gasteiger partial charge in [0.15, 0.2) is 0 Å². The van der Waals surface area contributed by atoms with Crippen molar-refractivity contribution in [1.29, 1.82) is 0 Å². The Morgan fingerprint density at radius 3 is 1.59 bits per heavy atom. The molecule has 0 radical (unpaired) electrons. The molecule has 0 fully saturated rings. The normalized spacial score (nSPS) is 13.1. The summed E-state index contributed by atoms with van der Waals surface area (Å²) < 4.78 is 49.5. The molecule has 0 aliphatic carbocycles. The zero-order chi connectivity index (χ0) is 36.7. The molecule has 0 saturated carbocycles. The minimum Gasteiger partial charge on any atom is -0.455 e. The second-order valence-electron chi connectivity index (χ2n) is 12.4. The molecule has 0 amide bonds. The summed E-state index contributed by atoms with van der Waals surface area (Å²) in [6.45, 7) is 0. The molecule has 0 atom stereocenters. The van der Waals surface area contributed by atoms with Gasteiger partial charge in [0.1, 0.15) is 11.2 Å². The maximum Gasteiger partial charge on any atom is 0.143 e. The van der Waals surface area contributed by atoms with E-state index in [1.165, 1.54) is 0 Å². The quantitative estimate of drug-likeness (QED) is 0.177. The van der Waals surface area contributed by atoms with Crippen LogP contribution in [0, 0.1) is 0 Å². The van der Waals surface area contributed by atoms with Crippen LogP contribution >= 0.6 is 0 Å². The van der Waals surface area contributed by atoms with Crippen LogP contribution in [0.25, 0.3) is 98.8 Å². The third kappa shape index (κ3) is 4.33. The first-order valence-corrected chi connectivity index (χ1v) is 16.4. The van der Waals surface area contributed by atoms with Crippen molar-refractivity contribution in [2.75, 3.05) is 0 Å². The number of para-hydroxylation sites is 1. The second-order valence-corrected chi connectivity index (χ2v) is 12.4. The second kappa shape index (κ2) is 11.1. The Bertz CT molecular complexity index is 3080. The summed E-state index contributed by atoms with van der Waals surface area (Å²) in [6.07, 6.45) is 0. The Balaban J connectivity index is 1.21. The van der Waals surface area contributed by atoms with Crippen molar-refractivity contribution >= 4 is 54.3 Å². The van der Waals surface area contributed by atoms with Crippen LogP contribution in [0.3, 0.4) is 0 Å². The summed E-state index contributed by atoms with van der Waals surface area (Å²) in [5.74, 6) is 0. The SMILES string of the molecule is [2H]c1c([2H])c([2H])c(-c2c3ccccc3c(-c3cccc4c(-c5ccc6oc7c(-c8ccccc8)cccc7c6c5)cccc34)c3ccccc23)c([2H])c1[2H]. The molecule has 49 heavy (non-hydrogen) atoms. The van der Waals surface area contributed by atoms with E-state index in [0.717, 1.165) is 87.6 Å². The summed E-state index contributed by atoms with van der Waals surface area (Å²) in [5, 5.41) is 7.86. The average Bonchev–Trinajstić information content (AvgIpc) is 3.60. The monoisotopic (exact) mass is 627 g/mol. The Labute approximate surface area is 291 Å². The molecule has 0 N–H and O–H groups in total. The molecule has 9 aromatic carbocycles. The van der Waals surface area contributed by atoms with E-state index in [-0.39, 0.29) is 29.7 Å². The van der Waals surface area contributed by atoms with Crippen molar-refractivity contribution in [2.24, 2.45) is 0 Å². The Morgan fingerprint density at radius 1 is 0.347 bits per heavy atom. The van der Waals surface area contributed by atoms with E-state index in [4.69, 9.17) is 11.3 Å². The van der Waals surface area contributed by atoms with Crippen molar-refractivity contribution in [3.63, 3.8) is 0 Å². The number of furan rings is 1. The number of rotatable bonds is 4. The third-order valence-corrected chi connectivity index (χ3v) is 9.77. The molecule has 228 valence electrons. The predicted molar refractivity (Wildman–Crippen MR) is 208 cm³/mol. The van der Waals surface area contributed by atoms with Crippen LogP contribution in [0.5, 0.6) is 0 Å². The van der Waals surface area contributed by atoms with Gasteiger partial charge in [-0.25, -0.2) is 0 Å². The zero-order valence-corrected chi connectivity index (χ0v) is 26.3. The molecule has 10 rings (SSSR count). The lowest BCUT2D eigenvalue weighted by Crippen LogP contribution is -1.92. The van der Waals surface area contributed by atoms with E-state index in [1.807, 2.05) is 54.6 Å². The van der Waals surface area contributed by atoms with Gasteiger partial charge in [-0.05, 0) is 83.4 Å². The summed E-state index contributed by atoms with van der Waals surface area (Å²) in [7, 11) is 0. The minimum atomic E-state index is -0.400. The lowest BCUT2D eigenvalue weighted by Gasteiger charge is -2.19. The van der Waals surface area contributed by atoms with Crippen molar-refractivity contribution in [3.8, 4) is 44.5 Å². The predicted octanol–water partition coefficient (Wildman–Crippen LogP) is 13.7. The highest BCUT2D eigenvalue weighted by Crippen LogP contribution is 2.46. The van der Waals surface area contributed by atoms with Crippen LogP contribution < -0.4 is 0 Å². The van der Waals surface area contributed by atoms with E-state index in [2.05, 4.69) is 97.1 Å². The molecule has 1 nitrogen and oxygen atoms in total. The first-order valence-electron chi connectivity index (χ1n) is 18.9. The van der Waals surface area contributed by atoms with Crippen LogP contribution in [0.15, 0.2) is 186 Å². The topological polar surface area (TPSA) is 13.1 Å². The summed E-state index contributed by atoms with van der Waals surface area (Å²) >= 11 is 0. The van der Waals surface area contributed by atoms with Gasteiger partial charge in [0, 0.05) is 16.3 Å². The third-order valence-electron chi connectivity index (χ3n) is 9.77. The maximum atomic E-state index is 8.91. The molecule has 0 spiro atoms. The molecule has 0 aliphatic heterocycles. The molecule has 0 bridgehead atoms. The molecule has 1 heterocycles. The molecular formula is C48H30O. The fourth-order valence-electron chi connectivity index (χ4n) is 7.65. The fraction of sp³-hybridized carbons (Fsp3) is 0. The minimum absolute atomic E-state index is 0.207. The van der Waals surface area contributed by atoms with Gasteiger partial charge in [-0.15, -0.1) is 0 Å². The van der Waals surface area contributed by atoms with Crippen molar-refractivity contribution in [3.05, 3.63) is 182 Å². The van der Waals surface area contributed by atoms with Gasteiger partial charge in [-0.3, -0.25) is 0 Å². The Morgan fingerprint density at radius 2 is 0.898 bits per heavy atom. The van der Waals surface area contributed by atoms with E-state index in [9.17, 15) is 0 Å². The standard InChI is InChI=1S/C48H30O/c1-3-14-31(15-4-1)35-23-12-27-43-44-30-33(28-29-45(44)49-48(35)43)34-22-11-25-37-36(34)24-13-26-38(37)47-41-20-9-7-18-39(41)46(32-16-5-2-6-17-32)40-19-8-10-21-42(40)47/h1-30H/i2D,5D,6D,16D,17D. The largest absolute Gasteiger partial charge is 0.455 e. The Hall–Kier alpha value is -6.44. The maximum absolute atomic E-state index is 8.91. The van der Waals surface area contributed by atoms with E-state index < -0.39 is 6.04 Å². The number of hydrogen-bond donors (Lipinski definition) is 0. The van der Waals surface area contributed by atoms with Crippen molar-refractivity contribution in [2.45, 2.75) is 0 Å². The zero-order valence-electron chi connectivity index (χ0n) is 31.3. The van der Waals surface area contributed by atoms with Crippen LogP contribution in [0.2, 0.25) is 0 Å². The van der Waals surface area contributed by atoms with Crippen LogP contribution in [-0.4, -0.2) is 0 Å². The summed E-state index contributed by atoms with van der Waals surface area (Å²) in [4.78, 5) is 0. The summed E-state index contributed by atoms with van der Waals surface area (Å²) in [5.41, 5.74) is 9.03. The van der Waals surface area contributed by atoms with E-state index in [1.54, 1.807) is 0 Å². The molecule has 1 aromatic heterocycles. The lowest BCUT2D eigenvalue weighted by molar-refractivity contribution is 0.670. The van der Waals surface area contributed by atoms with Crippen molar-refractivity contribution < 1.29 is 11.3 Å². The first kappa shape index (κ1) is 23.0. The summed E-state index contributed by atoms with van der Waals surface area (Å²) in [6, 6.07) is 50.5. The van der Waals surface area contributed by atoms with Gasteiger partial charge in [0.2, 0.25) is 0 Å². The van der Waals surface area contributed by atoms with Gasteiger partial charge in [0.05, 0.1) is 6.85 Å². The highest BCUT2D eigenvalue weighted by atomic mass is 16.3. The van der Waals surface area contributed by atoms with Gasteiger partial charge in [0.25, 0.3) is 0 Å². The van der Waals surface area contributed by atoms with Gasteiger partial charge in [-0.2, -0.15) is 0 Å². The van der Waals surface area contributed by atoms with Crippen molar-refractivity contribution in [1.82, 2.24) is 0 Å². The molecular weight excluding hydrogens is 593 g/mol. The highest BCUT2D eigenvalue weighted by molar-refractivity contribution is 6.24. The molecule has 0 saturated heterocycles. The molecule has 1 heteroatoms. The number of fused-ring (bicyclic) bond motifs is 6. The van der Waals surface area contributed by atoms with E-state index in [0.29, 0.717) is 5.56 Å². The Kier molecular flexibility index (Phi) is 5.20. The fourth-order valence-corrected chi connectivity index (χ4v) is 7.65.